The van der Waals surface area contributed by atoms with Gasteiger partial charge in [-0.05, 0) is 50.8 Å². The van der Waals surface area contributed by atoms with Gasteiger partial charge in [-0.15, -0.1) is 0 Å². The summed E-state index contributed by atoms with van der Waals surface area (Å²) in [5, 5.41) is 3.02. The molecule has 1 heterocycles. The Morgan fingerprint density at radius 1 is 1.16 bits per heavy atom. The molecule has 1 aliphatic carbocycles. The first kappa shape index (κ1) is 18.4. The normalized spacial score (nSPS) is 21.1. The molecular formula is C18H27N3O3S. The summed E-state index contributed by atoms with van der Waals surface area (Å²) in [6.45, 7) is 7.59. The van der Waals surface area contributed by atoms with Crippen molar-refractivity contribution in [3.8, 4) is 0 Å². The van der Waals surface area contributed by atoms with Gasteiger partial charge in [-0.2, -0.15) is 4.31 Å². The van der Waals surface area contributed by atoms with E-state index in [-0.39, 0.29) is 11.9 Å². The van der Waals surface area contributed by atoms with Gasteiger partial charge in [0.1, 0.15) is 0 Å². The van der Waals surface area contributed by atoms with E-state index in [1.807, 2.05) is 32.9 Å². The van der Waals surface area contributed by atoms with E-state index >= 15 is 0 Å². The molecule has 2 aliphatic rings. The van der Waals surface area contributed by atoms with Crippen LogP contribution in [0.2, 0.25) is 0 Å². The minimum absolute atomic E-state index is 0.0494. The largest absolute Gasteiger partial charge is 0.352 e. The molecule has 1 amide bonds. The number of nitrogens with one attached hydrogen (secondary N) is 1. The van der Waals surface area contributed by atoms with Crippen molar-refractivity contribution < 1.29 is 13.2 Å². The molecule has 25 heavy (non-hydrogen) atoms. The molecule has 1 aliphatic heterocycles. The zero-order chi connectivity index (χ0) is 18.2. The number of amides is 1. The molecule has 7 heteroatoms. The number of carbonyl (C=O) groups excluding carboxylic acids is 1. The maximum atomic E-state index is 13.0. The van der Waals surface area contributed by atoms with Crippen LogP contribution in [-0.2, 0) is 14.8 Å². The third-order valence-corrected chi connectivity index (χ3v) is 7.13. The minimum atomic E-state index is -3.49. The fourth-order valence-corrected chi connectivity index (χ4v) is 4.90. The summed E-state index contributed by atoms with van der Waals surface area (Å²) in [6, 6.07) is 5.64. The summed E-state index contributed by atoms with van der Waals surface area (Å²) in [4.78, 5) is 14.6. The molecule has 0 bridgehead atoms. The SMILES string of the molecule is Cc1ccc(C)c(S(=O)(=O)N2CCN([C@@H](C)C(=O)NC3CC3)CC2)c1. The number of hydrogen-bond acceptors (Lipinski definition) is 4. The maximum Gasteiger partial charge on any atom is 0.243 e. The Morgan fingerprint density at radius 2 is 1.80 bits per heavy atom. The molecular weight excluding hydrogens is 338 g/mol. The van der Waals surface area contributed by atoms with Gasteiger partial charge < -0.3 is 5.32 Å². The lowest BCUT2D eigenvalue weighted by Gasteiger charge is -2.37. The average Bonchev–Trinajstić information content (AvgIpc) is 3.40. The molecule has 1 N–H and O–H groups in total. The lowest BCUT2D eigenvalue weighted by molar-refractivity contribution is -0.126. The molecule has 1 aromatic rings. The molecule has 6 nitrogen and oxygen atoms in total. The third-order valence-electron chi connectivity index (χ3n) is 5.09. The number of rotatable bonds is 5. The Kier molecular flexibility index (Phi) is 5.18. The first-order chi connectivity index (χ1) is 11.8. The number of sulfonamides is 1. The van der Waals surface area contributed by atoms with Crippen LogP contribution in [0.25, 0.3) is 0 Å². The van der Waals surface area contributed by atoms with Crippen molar-refractivity contribution >= 4 is 15.9 Å². The van der Waals surface area contributed by atoms with Gasteiger partial charge in [-0.25, -0.2) is 8.42 Å². The van der Waals surface area contributed by atoms with Gasteiger partial charge >= 0.3 is 0 Å². The fourth-order valence-electron chi connectivity index (χ4n) is 3.17. The van der Waals surface area contributed by atoms with Gasteiger partial charge in [0.2, 0.25) is 15.9 Å². The number of piperazine rings is 1. The zero-order valence-corrected chi connectivity index (χ0v) is 16.0. The highest BCUT2D eigenvalue weighted by molar-refractivity contribution is 7.89. The highest BCUT2D eigenvalue weighted by Gasteiger charge is 2.33. The lowest BCUT2D eigenvalue weighted by atomic mass is 10.2. The van der Waals surface area contributed by atoms with E-state index in [4.69, 9.17) is 0 Å². The van der Waals surface area contributed by atoms with E-state index in [0.29, 0.717) is 37.1 Å². The third kappa shape index (κ3) is 4.04. The molecule has 1 saturated heterocycles. The lowest BCUT2D eigenvalue weighted by Crippen LogP contribution is -2.55. The number of carbonyl (C=O) groups is 1. The second-order valence-corrected chi connectivity index (χ2v) is 9.07. The Labute approximate surface area is 150 Å². The molecule has 1 atom stereocenters. The van der Waals surface area contributed by atoms with Crippen LogP contribution in [0.4, 0.5) is 0 Å². The summed E-state index contributed by atoms with van der Waals surface area (Å²) in [6.07, 6.45) is 2.14. The highest BCUT2D eigenvalue weighted by Crippen LogP contribution is 2.23. The highest BCUT2D eigenvalue weighted by atomic mass is 32.2. The van der Waals surface area contributed by atoms with Gasteiger partial charge in [0.15, 0.2) is 0 Å². The second kappa shape index (κ2) is 7.05. The fraction of sp³-hybridized carbons (Fsp3) is 0.611. The predicted octanol–water partition coefficient (Wildman–Crippen LogP) is 1.28. The minimum Gasteiger partial charge on any atom is -0.352 e. The smallest absolute Gasteiger partial charge is 0.243 e. The Balaban J connectivity index is 1.64. The van der Waals surface area contributed by atoms with E-state index in [0.717, 1.165) is 24.0 Å². The summed E-state index contributed by atoms with van der Waals surface area (Å²) in [7, 11) is -3.49. The van der Waals surface area contributed by atoms with E-state index in [1.54, 1.807) is 6.07 Å². The maximum absolute atomic E-state index is 13.0. The number of aryl methyl sites for hydroxylation is 2. The van der Waals surface area contributed by atoms with Gasteiger partial charge in [0.25, 0.3) is 0 Å². The molecule has 0 unspecified atom stereocenters. The van der Waals surface area contributed by atoms with Crippen molar-refractivity contribution in [3.05, 3.63) is 29.3 Å². The van der Waals surface area contributed by atoms with Crippen molar-refractivity contribution in [2.45, 2.75) is 50.6 Å². The number of hydrogen-bond donors (Lipinski definition) is 1. The Hall–Kier alpha value is -1.44. The predicted molar refractivity (Wildman–Crippen MR) is 96.9 cm³/mol. The molecule has 0 spiro atoms. The van der Waals surface area contributed by atoms with Crippen LogP contribution < -0.4 is 5.32 Å². The summed E-state index contributed by atoms with van der Waals surface area (Å²) < 4.78 is 27.4. The van der Waals surface area contributed by atoms with Crippen LogP contribution in [0.5, 0.6) is 0 Å². The summed E-state index contributed by atoms with van der Waals surface area (Å²) in [5.74, 6) is 0.0494. The molecule has 0 radical (unpaired) electrons. The molecule has 138 valence electrons. The van der Waals surface area contributed by atoms with Crippen molar-refractivity contribution in [1.82, 2.24) is 14.5 Å². The first-order valence-electron chi connectivity index (χ1n) is 8.91. The van der Waals surface area contributed by atoms with Crippen LogP contribution in [0.15, 0.2) is 23.1 Å². The summed E-state index contributed by atoms with van der Waals surface area (Å²) in [5.41, 5.74) is 1.71. The molecule has 2 fully saturated rings. The van der Waals surface area contributed by atoms with Crippen LogP contribution >= 0.6 is 0 Å². The average molecular weight is 365 g/mol. The van der Waals surface area contributed by atoms with Crippen molar-refractivity contribution in [2.75, 3.05) is 26.2 Å². The van der Waals surface area contributed by atoms with Crippen molar-refractivity contribution in [1.29, 1.82) is 0 Å². The van der Waals surface area contributed by atoms with Gasteiger partial charge in [-0.3, -0.25) is 9.69 Å². The van der Waals surface area contributed by atoms with Gasteiger partial charge in [0.05, 0.1) is 10.9 Å². The number of nitrogens with zero attached hydrogens (tertiary/aromatic N) is 2. The monoisotopic (exact) mass is 365 g/mol. The molecule has 3 rings (SSSR count). The van der Waals surface area contributed by atoms with E-state index in [1.165, 1.54) is 4.31 Å². The molecule has 1 aromatic carbocycles. The topological polar surface area (TPSA) is 69.7 Å². The number of benzene rings is 1. The van der Waals surface area contributed by atoms with E-state index in [9.17, 15) is 13.2 Å². The zero-order valence-electron chi connectivity index (χ0n) is 15.2. The van der Waals surface area contributed by atoms with E-state index < -0.39 is 10.0 Å². The van der Waals surface area contributed by atoms with Crippen LogP contribution in [0, 0.1) is 13.8 Å². The molecule has 1 saturated carbocycles. The first-order valence-corrected chi connectivity index (χ1v) is 10.3. The summed E-state index contributed by atoms with van der Waals surface area (Å²) >= 11 is 0. The molecule has 0 aromatic heterocycles. The Bertz CT molecular complexity index is 751. The van der Waals surface area contributed by atoms with Crippen molar-refractivity contribution in [2.24, 2.45) is 0 Å². The standard InChI is InChI=1S/C18H27N3O3S/c1-13-4-5-14(2)17(12-13)25(23,24)21-10-8-20(9-11-21)15(3)18(22)19-16-6-7-16/h4-5,12,15-16H,6-11H2,1-3H3,(H,19,22)/t15-/m0/s1. The van der Waals surface area contributed by atoms with Crippen LogP contribution in [-0.4, -0.2) is 61.8 Å². The van der Waals surface area contributed by atoms with Gasteiger partial charge in [0, 0.05) is 32.2 Å². The van der Waals surface area contributed by atoms with Crippen LogP contribution in [0.1, 0.15) is 30.9 Å². The Morgan fingerprint density at radius 3 is 2.40 bits per heavy atom. The quantitative estimate of drug-likeness (QED) is 0.853. The van der Waals surface area contributed by atoms with Crippen LogP contribution in [0.3, 0.4) is 0 Å². The van der Waals surface area contributed by atoms with E-state index in [2.05, 4.69) is 10.2 Å². The van der Waals surface area contributed by atoms with Gasteiger partial charge in [-0.1, -0.05) is 12.1 Å². The van der Waals surface area contributed by atoms with Crippen molar-refractivity contribution in [3.63, 3.8) is 0 Å². The second-order valence-electron chi connectivity index (χ2n) is 7.17.